The predicted octanol–water partition coefficient (Wildman–Crippen LogP) is 4.64. The molecule has 0 unspecified atom stereocenters. The maximum absolute atomic E-state index is 12.6. The van der Waals surface area contributed by atoms with Crippen LogP contribution in [0, 0.1) is 0 Å². The lowest BCUT2D eigenvalue weighted by Crippen LogP contribution is -2.25. The first-order chi connectivity index (χ1) is 14.0. The first kappa shape index (κ1) is 18.8. The first-order valence-electron chi connectivity index (χ1n) is 8.87. The molecule has 4 rings (SSSR count). The monoisotopic (exact) mass is 408 g/mol. The zero-order valence-electron chi connectivity index (χ0n) is 15.5. The van der Waals surface area contributed by atoms with Gasteiger partial charge in [-0.05, 0) is 60.7 Å². The molecule has 0 aliphatic carbocycles. The molecule has 3 aromatic carbocycles. The van der Waals surface area contributed by atoms with E-state index in [0.717, 1.165) is 5.56 Å². The van der Waals surface area contributed by atoms with Crippen molar-refractivity contribution in [2.45, 2.75) is 6.54 Å². The molecule has 0 bridgehead atoms. The number of nitrogens with one attached hydrogen (secondary N) is 2. The van der Waals surface area contributed by atoms with Gasteiger partial charge in [0, 0.05) is 28.4 Å². The highest BCUT2D eigenvalue weighted by Gasteiger charge is 2.20. The molecule has 0 atom stereocenters. The van der Waals surface area contributed by atoms with E-state index in [-0.39, 0.29) is 11.8 Å². The van der Waals surface area contributed by atoms with Crippen LogP contribution in [0.2, 0.25) is 5.02 Å². The van der Waals surface area contributed by atoms with Crippen LogP contribution in [0.1, 0.15) is 26.3 Å². The number of carbonyl (C=O) groups is 2. The smallest absolute Gasteiger partial charge is 0.255 e. The van der Waals surface area contributed by atoms with Crippen LogP contribution in [0.5, 0.6) is 17.2 Å². The van der Waals surface area contributed by atoms with Gasteiger partial charge in [0.15, 0.2) is 0 Å². The van der Waals surface area contributed by atoms with Gasteiger partial charge in [0.05, 0.1) is 12.7 Å². The van der Waals surface area contributed by atoms with Gasteiger partial charge in [-0.3, -0.25) is 9.59 Å². The Bertz CT molecular complexity index is 1100. The molecule has 2 N–H and O–H groups in total. The lowest BCUT2D eigenvalue weighted by molar-refractivity contribution is 0.0944. The number of rotatable bonds is 3. The summed E-state index contributed by atoms with van der Waals surface area (Å²) in [7, 11) is 1.58. The summed E-state index contributed by atoms with van der Waals surface area (Å²) in [6.07, 6.45) is 0. The van der Waals surface area contributed by atoms with Crippen LogP contribution in [0.4, 0.5) is 5.69 Å². The second-order valence-electron chi connectivity index (χ2n) is 6.43. The maximum atomic E-state index is 12.6. The molecular weight excluding hydrogens is 392 g/mol. The number of benzene rings is 3. The quantitative estimate of drug-likeness (QED) is 0.662. The van der Waals surface area contributed by atoms with E-state index in [1.165, 1.54) is 0 Å². The highest BCUT2D eigenvalue weighted by atomic mass is 35.5. The fourth-order valence-corrected chi connectivity index (χ4v) is 3.11. The van der Waals surface area contributed by atoms with Crippen LogP contribution in [0.15, 0.2) is 60.7 Å². The van der Waals surface area contributed by atoms with Crippen LogP contribution >= 0.6 is 11.6 Å². The number of anilines is 1. The van der Waals surface area contributed by atoms with E-state index >= 15 is 0 Å². The second-order valence-corrected chi connectivity index (χ2v) is 6.87. The Hall–Kier alpha value is -3.51. The summed E-state index contributed by atoms with van der Waals surface area (Å²) in [6.45, 7) is 0.298. The molecule has 1 heterocycles. The van der Waals surface area contributed by atoms with Crippen molar-refractivity contribution in [2.75, 3.05) is 12.4 Å². The largest absolute Gasteiger partial charge is 0.497 e. The molecule has 1 aliphatic rings. The molecule has 0 spiro atoms. The van der Waals surface area contributed by atoms with Gasteiger partial charge in [-0.25, -0.2) is 0 Å². The van der Waals surface area contributed by atoms with Crippen LogP contribution < -0.4 is 20.1 Å². The zero-order chi connectivity index (χ0) is 20.4. The third-order valence-corrected chi connectivity index (χ3v) is 4.77. The summed E-state index contributed by atoms with van der Waals surface area (Å²) in [4.78, 5) is 25.0. The fourth-order valence-electron chi connectivity index (χ4n) is 2.99. The van der Waals surface area contributed by atoms with Crippen molar-refractivity contribution in [1.82, 2.24) is 5.32 Å². The van der Waals surface area contributed by atoms with Gasteiger partial charge in [-0.1, -0.05) is 11.6 Å². The second kappa shape index (κ2) is 7.85. The lowest BCUT2D eigenvalue weighted by Gasteiger charge is -2.19. The number of hydrogen-bond acceptors (Lipinski definition) is 4. The molecule has 146 valence electrons. The third kappa shape index (κ3) is 4.02. The van der Waals surface area contributed by atoms with Crippen molar-refractivity contribution in [2.24, 2.45) is 0 Å². The Balaban J connectivity index is 1.61. The minimum Gasteiger partial charge on any atom is -0.497 e. The molecule has 0 fully saturated rings. The normalized spacial score (nSPS) is 12.4. The van der Waals surface area contributed by atoms with Crippen molar-refractivity contribution < 1.29 is 19.1 Å². The van der Waals surface area contributed by atoms with Crippen LogP contribution in [-0.2, 0) is 6.54 Å². The average molecular weight is 409 g/mol. The van der Waals surface area contributed by atoms with Crippen LogP contribution in [0.25, 0.3) is 0 Å². The van der Waals surface area contributed by atoms with E-state index < -0.39 is 0 Å². The Morgan fingerprint density at radius 2 is 1.83 bits per heavy atom. The van der Waals surface area contributed by atoms with Crippen molar-refractivity contribution >= 4 is 29.1 Å². The molecule has 0 aromatic heterocycles. The summed E-state index contributed by atoms with van der Waals surface area (Å²) in [5.74, 6) is 1.12. The first-order valence-corrected chi connectivity index (χ1v) is 9.25. The summed E-state index contributed by atoms with van der Waals surface area (Å²) in [6, 6.07) is 16.9. The van der Waals surface area contributed by atoms with E-state index in [1.54, 1.807) is 61.7 Å². The molecule has 7 heteroatoms. The summed E-state index contributed by atoms with van der Waals surface area (Å²) in [5.41, 5.74) is 2.09. The number of carbonyl (C=O) groups excluding carboxylic acids is 2. The molecule has 0 radical (unpaired) electrons. The van der Waals surface area contributed by atoms with Crippen molar-refractivity contribution in [3.8, 4) is 17.2 Å². The van der Waals surface area contributed by atoms with Crippen molar-refractivity contribution in [1.29, 1.82) is 0 Å². The van der Waals surface area contributed by atoms with E-state index in [2.05, 4.69) is 10.6 Å². The van der Waals surface area contributed by atoms with Gasteiger partial charge in [0.1, 0.15) is 17.2 Å². The Morgan fingerprint density at radius 3 is 2.59 bits per heavy atom. The summed E-state index contributed by atoms with van der Waals surface area (Å²) in [5, 5.41) is 6.20. The van der Waals surface area contributed by atoms with E-state index in [9.17, 15) is 9.59 Å². The topological polar surface area (TPSA) is 76.7 Å². The molecule has 0 saturated carbocycles. The Labute approximate surface area is 172 Å². The van der Waals surface area contributed by atoms with E-state index in [0.29, 0.717) is 45.6 Å². The predicted molar refractivity (Wildman–Crippen MR) is 110 cm³/mol. The zero-order valence-corrected chi connectivity index (χ0v) is 16.2. The van der Waals surface area contributed by atoms with E-state index in [4.69, 9.17) is 21.1 Å². The Morgan fingerprint density at radius 1 is 1.07 bits per heavy atom. The molecule has 0 saturated heterocycles. The fraction of sp³-hybridized carbons (Fsp3) is 0.0909. The minimum atomic E-state index is -0.300. The number of amides is 2. The average Bonchev–Trinajstić information content (AvgIpc) is 2.73. The SMILES string of the molecule is COc1ccc2c(c1)CNC(=O)c1cc(NC(=O)c3ccc(Cl)cc3)ccc1O2. The van der Waals surface area contributed by atoms with Gasteiger partial charge in [-0.2, -0.15) is 0 Å². The number of ether oxygens (including phenoxy) is 2. The van der Waals surface area contributed by atoms with Crippen LogP contribution in [0.3, 0.4) is 0 Å². The molecule has 2 amide bonds. The van der Waals surface area contributed by atoms with Gasteiger partial charge < -0.3 is 20.1 Å². The molecule has 6 nitrogen and oxygen atoms in total. The molecule has 29 heavy (non-hydrogen) atoms. The molecular formula is C22H17ClN2O4. The van der Waals surface area contributed by atoms with E-state index in [1.807, 2.05) is 6.07 Å². The van der Waals surface area contributed by atoms with Crippen molar-refractivity contribution in [3.05, 3.63) is 82.4 Å². The van der Waals surface area contributed by atoms with Gasteiger partial charge in [-0.15, -0.1) is 0 Å². The lowest BCUT2D eigenvalue weighted by atomic mass is 10.1. The number of fused-ring (bicyclic) bond motifs is 2. The maximum Gasteiger partial charge on any atom is 0.255 e. The number of hydrogen-bond donors (Lipinski definition) is 2. The standard InChI is InChI=1S/C22H17ClN2O4/c1-28-17-7-9-19-14(10-17)12-24-22(27)18-11-16(6-8-20(18)29-19)25-21(26)13-2-4-15(23)5-3-13/h2-11H,12H2,1H3,(H,24,27)(H,25,26). The third-order valence-electron chi connectivity index (χ3n) is 4.52. The highest BCUT2D eigenvalue weighted by Crippen LogP contribution is 2.34. The van der Waals surface area contributed by atoms with Crippen molar-refractivity contribution in [3.63, 3.8) is 0 Å². The molecule has 3 aromatic rings. The van der Waals surface area contributed by atoms with Gasteiger partial charge >= 0.3 is 0 Å². The molecule has 1 aliphatic heterocycles. The minimum absolute atomic E-state index is 0.295. The highest BCUT2D eigenvalue weighted by molar-refractivity contribution is 6.30. The van der Waals surface area contributed by atoms with Crippen LogP contribution in [-0.4, -0.2) is 18.9 Å². The summed E-state index contributed by atoms with van der Waals surface area (Å²) >= 11 is 5.86. The summed E-state index contributed by atoms with van der Waals surface area (Å²) < 4.78 is 11.2. The number of halogens is 1. The van der Waals surface area contributed by atoms with Gasteiger partial charge in [0.25, 0.3) is 11.8 Å². The Kier molecular flexibility index (Phi) is 5.10. The number of methoxy groups -OCH3 is 1. The van der Waals surface area contributed by atoms with Gasteiger partial charge in [0.2, 0.25) is 0 Å².